The number of fused-ring (bicyclic) bond motifs is 2. The number of hydrogen-bond donors (Lipinski definition) is 2. The first-order valence-corrected chi connectivity index (χ1v) is 9.54. The van der Waals surface area contributed by atoms with Gasteiger partial charge in [0, 0.05) is 37.8 Å². The van der Waals surface area contributed by atoms with Crippen LogP contribution in [0.2, 0.25) is 0 Å². The van der Waals surface area contributed by atoms with E-state index in [0.717, 1.165) is 0 Å². The molecule has 7 nitrogen and oxygen atoms in total. The number of carboxylic acid groups (broad SMARTS) is 1. The van der Waals surface area contributed by atoms with Crippen LogP contribution in [0, 0.1) is 5.82 Å². The first-order valence-electron chi connectivity index (χ1n) is 9.54. The average Bonchev–Trinajstić information content (AvgIpc) is 2.83. The van der Waals surface area contributed by atoms with Gasteiger partial charge in [-0.2, -0.15) is 0 Å². The van der Waals surface area contributed by atoms with Gasteiger partial charge in [0.15, 0.2) is 0 Å². The smallest absolute Gasteiger partial charge is 0.407 e. The number of anilines is 1. The van der Waals surface area contributed by atoms with Gasteiger partial charge in [0.2, 0.25) is 5.91 Å². The second-order valence-corrected chi connectivity index (χ2v) is 8.51. The Kier molecular flexibility index (Phi) is 5.27. The third kappa shape index (κ3) is 3.53. The maximum Gasteiger partial charge on any atom is 0.407 e. The second kappa shape index (κ2) is 7.24. The molecule has 28 heavy (non-hydrogen) atoms. The molecular formula is C20H28FN3O4. The maximum atomic E-state index is 14.9. The maximum absolute atomic E-state index is 14.9. The Morgan fingerprint density at radius 3 is 2.54 bits per heavy atom. The summed E-state index contributed by atoms with van der Waals surface area (Å²) < 4.78 is 20.8. The zero-order valence-electron chi connectivity index (χ0n) is 16.8. The summed E-state index contributed by atoms with van der Waals surface area (Å²) in [6.45, 7) is 7.58. The fourth-order valence-corrected chi connectivity index (χ4v) is 4.11. The molecule has 1 aromatic carbocycles. The van der Waals surface area contributed by atoms with Crippen molar-refractivity contribution >= 4 is 17.7 Å². The van der Waals surface area contributed by atoms with Crippen molar-refractivity contribution < 1.29 is 23.8 Å². The minimum atomic E-state index is -1.02. The summed E-state index contributed by atoms with van der Waals surface area (Å²) in [5.41, 5.74) is -0.262. The zero-order valence-corrected chi connectivity index (χ0v) is 16.8. The van der Waals surface area contributed by atoms with E-state index in [1.54, 1.807) is 13.1 Å². The molecule has 0 atom stereocenters. The number of rotatable bonds is 4. The van der Waals surface area contributed by atoms with E-state index in [-0.39, 0.29) is 37.4 Å². The Bertz CT molecular complexity index is 782. The molecular weight excluding hydrogens is 365 g/mol. The molecule has 1 aromatic rings. The van der Waals surface area contributed by atoms with Gasteiger partial charge in [-0.05, 0) is 45.7 Å². The number of carbonyl (C=O) groups excluding carboxylic acids is 1. The molecule has 0 unspecified atom stereocenters. The fourth-order valence-electron chi connectivity index (χ4n) is 4.11. The van der Waals surface area contributed by atoms with E-state index in [0.29, 0.717) is 30.2 Å². The third-order valence-electron chi connectivity index (χ3n) is 5.52. The highest BCUT2D eigenvalue weighted by atomic mass is 19.1. The Morgan fingerprint density at radius 2 is 1.96 bits per heavy atom. The lowest BCUT2D eigenvalue weighted by atomic mass is 9.73. The van der Waals surface area contributed by atoms with E-state index < -0.39 is 17.3 Å². The number of hydrogen-bond acceptors (Lipinski definition) is 4. The number of likely N-dealkylation sites (tertiary alicyclic amines) is 1. The number of nitrogens with zero attached hydrogens (tertiary/aromatic N) is 2. The van der Waals surface area contributed by atoms with Crippen LogP contribution in [0.15, 0.2) is 12.1 Å². The highest BCUT2D eigenvalue weighted by molar-refractivity contribution is 6.09. The van der Waals surface area contributed by atoms with E-state index in [4.69, 9.17) is 4.74 Å². The van der Waals surface area contributed by atoms with Gasteiger partial charge in [-0.25, -0.2) is 9.18 Å². The van der Waals surface area contributed by atoms with Crippen LogP contribution in [-0.2, 0) is 10.2 Å². The molecule has 1 spiro atoms. The monoisotopic (exact) mass is 393 g/mol. The van der Waals surface area contributed by atoms with E-state index in [1.807, 2.05) is 0 Å². The van der Waals surface area contributed by atoms with Gasteiger partial charge in [0.05, 0.1) is 11.1 Å². The molecule has 3 rings (SSSR count). The number of nitrogens with one attached hydrogen (secondary N) is 1. The summed E-state index contributed by atoms with van der Waals surface area (Å²) in [5.74, 6) is -0.174. The highest BCUT2D eigenvalue weighted by Crippen LogP contribution is 2.52. The number of amides is 2. The summed E-state index contributed by atoms with van der Waals surface area (Å²) >= 11 is 0. The molecule has 2 N–H and O–H groups in total. The largest absolute Gasteiger partial charge is 0.490 e. The molecule has 2 aliphatic heterocycles. The lowest BCUT2D eigenvalue weighted by molar-refractivity contribution is -0.124. The van der Waals surface area contributed by atoms with Crippen LogP contribution in [-0.4, -0.2) is 60.8 Å². The van der Waals surface area contributed by atoms with Crippen molar-refractivity contribution in [2.24, 2.45) is 0 Å². The molecule has 0 radical (unpaired) electrons. The molecule has 154 valence electrons. The predicted octanol–water partition coefficient (Wildman–Crippen LogP) is 2.58. The second-order valence-electron chi connectivity index (χ2n) is 8.51. The number of halogens is 1. The van der Waals surface area contributed by atoms with Gasteiger partial charge in [0.25, 0.3) is 0 Å². The summed E-state index contributed by atoms with van der Waals surface area (Å²) in [6, 6.07) is 2.89. The summed E-state index contributed by atoms with van der Waals surface area (Å²) in [5, 5.41) is 12.5. The first-order chi connectivity index (χ1) is 13.1. The predicted molar refractivity (Wildman–Crippen MR) is 104 cm³/mol. The lowest BCUT2D eigenvalue weighted by Gasteiger charge is -2.37. The number of likely N-dealkylation sites (N-methyl/N-ethyl adjacent to an activating group) is 1. The van der Waals surface area contributed by atoms with Gasteiger partial charge in [-0.1, -0.05) is 0 Å². The molecule has 1 fully saturated rings. The van der Waals surface area contributed by atoms with Crippen LogP contribution in [0.1, 0.15) is 39.2 Å². The van der Waals surface area contributed by atoms with Crippen LogP contribution in [0.4, 0.5) is 14.9 Å². The van der Waals surface area contributed by atoms with Gasteiger partial charge >= 0.3 is 6.09 Å². The zero-order chi connectivity index (χ0) is 20.7. The van der Waals surface area contributed by atoms with Crippen molar-refractivity contribution in [1.29, 1.82) is 0 Å². The quantitative estimate of drug-likeness (QED) is 0.769. The van der Waals surface area contributed by atoms with E-state index in [1.165, 1.54) is 15.9 Å². The lowest BCUT2D eigenvalue weighted by Crippen LogP contribution is -2.49. The standard InChI is InChI=1S/C20H28FN3O4/c1-19(2,3)22-9-12-28-14-6-5-13(21)15-16(14)23(4)17(25)20(15)7-10-24(11-8-20)18(26)27/h5-6,22H,7-12H2,1-4H3,(H,26,27). The van der Waals surface area contributed by atoms with Crippen molar-refractivity contribution in [1.82, 2.24) is 10.2 Å². The summed E-state index contributed by atoms with van der Waals surface area (Å²) in [7, 11) is 1.62. The minimum absolute atomic E-state index is 0.0387. The molecule has 0 saturated carbocycles. The van der Waals surface area contributed by atoms with Crippen molar-refractivity contribution in [2.75, 3.05) is 38.2 Å². The van der Waals surface area contributed by atoms with Crippen LogP contribution in [0.5, 0.6) is 5.75 Å². The topological polar surface area (TPSA) is 82.1 Å². The number of ether oxygens (including phenoxy) is 1. The van der Waals surface area contributed by atoms with Crippen LogP contribution in [0.3, 0.4) is 0 Å². The Morgan fingerprint density at radius 1 is 1.32 bits per heavy atom. The molecule has 2 heterocycles. The first kappa shape index (κ1) is 20.4. The van der Waals surface area contributed by atoms with Crippen molar-refractivity contribution in [3.05, 3.63) is 23.5 Å². The molecule has 2 aliphatic rings. The normalized spacial score (nSPS) is 18.5. The van der Waals surface area contributed by atoms with Crippen molar-refractivity contribution in [3.8, 4) is 5.75 Å². The van der Waals surface area contributed by atoms with Crippen molar-refractivity contribution in [2.45, 2.75) is 44.6 Å². The summed E-state index contributed by atoms with van der Waals surface area (Å²) in [6.07, 6.45) is -0.485. The average molecular weight is 393 g/mol. The van der Waals surface area contributed by atoms with E-state index in [2.05, 4.69) is 26.1 Å². The number of piperidine rings is 1. The van der Waals surface area contributed by atoms with Gasteiger partial charge in [-0.3, -0.25) is 4.79 Å². The Hall–Kier alpha value is -2.35. The molecule has 0 aliphatic carbocycles. The molecule has 0 aromatic heterocycles. The molecule has 1 saturated heterocycles. The Labute approximate surface area is 164 Å². The minimum Gasteiger partial charge on any atom is -0.490 e. The van der Waals surface area contributed by atoms with Crippen molar-refractivity contribution in [3.63, 3.8) is 0 Å². The molecule has 0 bridgehead atoms. The third-order valence-corrected chi connectivity index (χ3v) is 5.52. The van der Waals surface area contributed by atoms with E-state index >= 15 is 0 Å². The van der Waals surface area contributed by atoms with Gasteiger partial charge in [-0.15, -0.1) is 0 Å². The van der Waals surface area contributed by atoms with E-state index in [9.17, 15) is 19.1 Å². The van der Waals surface area contributed by atoms with Crippen LogP contribution in [0.25, 0.3) is 0 Å². The van der Waals surface area contributed by atoms with Crippen LogP contribution < -0.4 is 15.0 Å². The highest BCUT2D eigenvalue weighted by Gasteiger charge is 2.54. The van der Waals surface area contributed by atoms with Crippen LogP contribution >= 0.6 is 0 Å². The number of benzene rings is 1. The number of carbonyl (C=O) groups is 2. The van der Waals surface area contributed by atoms with Gasteiger partial charge < -0.3 is 25.0 Å². The molecule has 8 heteroatoms. The SMILES string of the molecule is CN1C(=O)C2(CCN(C(=O)O)CC2)c2c(F)ccc(OCCNC(C)(C)C)c21. The Balaban J connectivity index is 1.87. The summed E-state index contributed by atoms with van der Waals surface area (Å²) in [4.78, 5) is 27.1. The molecule has 2 amide bonds. The van der Waals surface area contributed by atoms with Gasteiger partial charge in [0.1, 0.15) is 18.2 Å². The fraction of sp³-hybridized carbons (Fsp3) is 0.600.